The van der Waals surface area contributed by atoms with Crippen LogP contribution in [0.4, 0.5) is 0 Å². The summed E-state index contributed by atoms with van der Waals surface area (Å²) in [5.41, 5.74) is 6.61. The molecule has 1 aliphatic heterocycles. The number of carbonyl (C=O) groups excluding carboxylic acids is 1. The van der Waals surface area contributed by atoms with Crippen molar-refractivity contribution in [3.63, 3.8) is 0 Å². The second-order valence-corrected chi connectivity index (χ2v) is 6.86. The summed E-state index contributed by atoms with van der Waals surface area (Å²) in [4.78, 5) is 27.6. The standard InChI is InChI=1S/C17H19N3O4S/c18-16(23)14-15(25-17(20-14)11-5-7-19-8-6-11)10-1-3-12(4-2-10)24-9-13(21)22/h1-4,11,19H,5-9H2,(H2,18,23)(H,21,22). The van der Waals surface area contributed by atoms with Gasteiger partial charge in [0.2, 0.25) is 0 Å². The van der Waals surface area contributed by atoms with Crippen molar-refractivity contribution in [3.05, 3.63) is 35.0 Å². The number of nitrogens with one attached hydrogen (secondary N) is 1. The quantitative estimate of drug-likeness (QED) is 0.723. The maximum absolute atomic E-state index is 11.8. The van der Waals surface area contributed by atoms with Gasteiger partial charge < -0.3 is 20.9 Å². The number of primary amides is 1. The summed E-state index contributed by atoms with van der Waals surface area (Å²) in [6.07, 6.45) is 1.99. The van der Waals surface area contributed by atoms with Gasteiger partial charge in [0.05, 0.1) is 9.88 Å². The summed E-state index contributed by atoms with van der Waals surface area (Å²) in [6.45, 7) is 1.49. The number of aliphatic carboxylic acids is 1. The van der Waals surface area contributed by atoms with Crippen LogP contribution in [0.15, 0.2) is 24.3 Å². The minimum atomic E-state index is -1.03. The maximum Gasteiger partial charge on any atom is 0.341 e. The molecule has 1 aliphatic rings. The second-order valence-electron chi connectivity index (χ2n) is 5.83. The summed E-state index contributed by atoms with van der Waals surface area (Å²) in [7, 11) is 0. The number of piperidine rings is 1. The summed E-state index contributed by atoms with van der Waals surface area (Å²) in [5.74, 6) is -0.780. The highest BCUT2D eigenvalue weighted by Gasteiger charge is 2.24. The van der Waals surface area contributed by atoms with Crippen LogP contribution in [0.5, 0.6) is 5.75 Å². The molecule has 0 spiro atoms. The van der Waals surface area contributed by atoms with Crippen LogP contribution in [0.25, 0.3) is 10.4 Å². The lowest BCUT2D eigenvalue weighted by molar-refractivity contribution is -0.139. The molecule has 2 aromatic rings. The van der Waals surface area contributed by atoms with E-state index >= 15 is 0 Å². The van der Waals surface area contributed by atoms with Gasteiger partial charge in [0.25, 0.3) is 5.91 Å². The Hall–Kier alpha value is -2.45. The Bertz CT molecular complexity index is 767. The van der Waals surface area contributed by atoms with E-state index in [1.165, 1.54) is 11.3 Å². The molecular weight excluding hydrogens is 342 g/mol. The number of thiazole rings is 1. The molecule has 1 aromatic carbocycles. The molecule has 4 N–H and O–H groups in total. The van der Waals surface area contributed by atoms with Crippen LogP contribution < -0.4 is 15.8 Å². The van der Waals surface area contributed by atoms with Crippen LogP contribution in [0.2, 0.25) is 0 Å². The molecule has 1 amide bonds. The Labute approximate surface area is 148 Å². The van der Waals surface area contributed by atoms with Crippen molar-refractivity contribution in [2.24, 2.45) is 5.73 Å². The molecule has 0 bridgehead atoms. The number of ether oxygens (including phenoxy) is 1. The summed E-state index contributed by atoms with van der Waals surface area (Å²) in [5, 5.41) is 12.9. The number of hydrogen-bond acceptors (Lipinski definition) is 6. The van der Waals surface area contributed by atoms with Crippen molar-refractivity contribution < 1.29 is 19.4 Å². The van der Waals surface area contributed by atoms with Crippen molar-refractivity contribution in [3.8, 4) is 16.2 Å². The maximum atomic E-state index is 11.8. The highest BCUT2D eigenvalue weighted by Crippen LogP contribution is 2.37. The van der Waals surface area contributed by atoms with Gasteiger partial charge in [-0.15, -0.1) is 11.3 Å². The van der Waals surface area contributed by atoms with E-state index < -0.39 is 18.5 Å². The molecule has 3 rings (SSSR count). The molecule has 25 heavy (non-hydrogen) atoms. The number of carbonyl (C=O) groups is 2. The third-order valence-electron chi connectivity index (χ3n) is 4.04. The number of nitrogens with two attached hydrogens (primary N) is 1. The average Bonchev–Trinajstić information content (AvgIpc) is 3.07. The first-order valence-electron chi connectivity index (χ1n) is 8.01. The molecule has 1 saturated heterocycles. The third kappa shape index (κ3) is 4.15. The molecule has 7 nitrogen and oxygen atoms in total. The van der Waals surface area contributed by atoms with Crippen LogP contribution in [-0.4, -0.2) is 41.7 Å². The van der Waals surface area contributed by atoms with Crippen molar-refractivity contribution in [1.82, 2.24) is 10.3 Å². The smallest absolute Gasteiger partial charge is 0.341 e. The minimum absolute atomic E-state index is 0.290. The van der Waals surface area contributed by atoms with Crippen LogP contribution >= 0.6 is 11.3 Å². The number of carboxylic acid groups (broad SMARTS) is 1. The zero-order valence-corrected chi connectivity index (χ0v) is 14.3. The Morgan fingerprint density at radius 1 is 1.28 bits per heavy atom. The van der Waals surface area contributed by atoms with E-state index in [-0.39, 0.29) is 5.69 Å². The lowest BCUT2D eigenvalue weighted by atomic mass is 9.99. The van der Waals surface area contributed by atoms with E-state index in [1.54, 1.807) is 24.3 Å². The van der Waals surface area contributed by atoms with Gasteiger partial charge in [-0.3, -0.25) is 4.79 Å². The van der Waals surface area contributed by atoms with Gasteiger partial charge in [0.15, 0.2) is 6.61 Å². The van der Waals surface area contributed by atoms with E-state index in [1.807, 2.05) is 0 Å². The zero-order valence-electron chi connectivity index (χ0n) is 13.5. The molecular formula is C17H19N3O4S. The number of benzene rings is 1. The van der Waals surface area contributed by atoms with Crippen LogP contribution in [0.3, 0.4) is 0 Å². The molecule has 1 fully saturated rings. The van der Waals surface area contributed by atoms with Crippen LogP contribution in [0, 0.1) is 0 Å². The number of nitrogens with zero attached hydrogens (tertiary/aromatic N) is 1. The summed E-state index contributed by atoms with van der Waals surface area (Å²) >= 11 is 1.50. The zero-order chi connectivity index (χ0) is 17.8. The van der Waals surface area contributed by atoms with E-state index in [0.717, 1.165) is 41.4 Å². The minimum Gasteiger partial charge on any atom is -0.482 e. The predicted molar refractivity (Wildman–Crippen MR) is 94.0 cm³/mol. The molecule has 0 aliphatic carbocycles. The van der Waals surface area contributed by atoms with E-state index in [4.69, 9.17) is 15.6 Å². The molecule has 0 atom stereocenters. The van der Waals surface area contributed by atoms with Gasteiger partial charge >= 0.3 is 5.97 Å². The fourth-order valence-corrected chi connectivity index (χ4v) is 4.04. The molecule has 0 radical (unpaired) electrons. The van der Waals surface area contributed by atoms with Crippen LogP contribution in [-0.2, 0) is 4.79 Å². The van der Waals surface area contributed by atoms with Crippen molar-refractivity contribution in [2.75, 3.05) is 19.7 Å². The van der Waals surface area contributed by atoms with Gasteiger partial charge in [0, 0.05) is 5.92 Å². The number of amides is 1. The average molecular weight is 361 g/mol. The monoisotopic (exact) mass is 361 g/mol. The Kier molecular flexibility index (Phi) is 5.30. The largest absolute Gasteiger partial charge is 0.482 e. The molecule has 8 heteroatoms. The normalized spacial score (nSPS) is 15.0. The highest BCUT2D eigenvalue weighted by molar-refractivity contribution is 7.15. The first kappa shape index (κ1) is 17.4. The highest BCUT2D eigenvalue weighted by atomic mass is 32.1. The molecule has 0 unspecified atom stereocenters. The van der Waals surface area contributed by atoms with Gasteiger partial charge in [0.1, 0.15) is 11.4 Å². The summed E-state index contributed by atoms with van der Waals surface area (Å²) in [6, 6.07) is 6.91. The fourth-order valence-electron chi connectivity index (χ4n) is 2.79. The molecule has 2 heterocycles. The first-order valence-corrected chi connectivity index (χ1v) is 8.82. The first-order chi connectivity index (χ1) is 12.0. The van der Waals surface area contributed by atoms with Crippen molar-refractivity contribution >= 4 is 23.2 Å². The van der Waals surface area contributed by atoms with Crippen molar-refractivity contribution in [1.29, 1.82) is 0 Å². The Morgan fingerprint density at radius 2 is 1.96 bits per heavy atom. The predicted octanol–water partition coefficient (Wildman–Crippen LogP) is 1.84. The number of aromatic nitrogens is 1. The van der Waals surface area contributed by atoms with Crippen LogP contribution in [0.1, 0.15) is 34.3 Å². The summed E-state index contributed by atoms with van der Waals surface area (Å²) < 4.78 is 5.13. The Balaban J connectivity index is 1.86. The fraction of sp³-hybridized carbons (Fsp3) is 0.353. The molecule has 0 saturated carbocycles. The van der Waals surface area contributed by atoms with Gasteiger partial charge in [-0.1, -0.05) is 0 Å². The van der Waals surface area contributed by atoms with E-state index in [0.29, 0.717) is 11.7 Å². The van der Waals surface area contributed by atoms with Crippen molar-refractivity contribution in [2.45, 2.75) is 18.8 Å². The number of rotatable bonds is 6. The molecule has 1 aromatic heterocycles. The lowest BCUT2D eigenvalue weighted by Gasteiger charge is -2.20. The van der Waals surface area contributed by atoms with Gasteiger partial charge in [-0.05, 0) is 55.8 Å². The SMILES string of the molecule is NC(=O)c1nc(C2CCNCC2)sc1-c1ccc(OCC(=O)O)cc1. The topological polar surface area (TPSA) is 115 Å². The van der Waals surface area contributed by atoms with Gasteiger partial charge in [-0.2, -0.15) is 0 Å². The van der Waals surface area contributed by atoms with Gasteiger partial charge in [-0.25, -0.2) is 9.78 Å². The second kappa shape index (κ2) is 7.62. The number of hydrogen-bond donors (Lipinski definition) is 3. The molecule has 132 valence electrons. The van der Waals surface area contributed by atoms with E-state index in [2.05, 4.69) is 10.3 Å². The van der Waals surface area contributed by atoms with E-state index in [9.17, 15) is 9.59 Å². The third-order valence-corrected chi connectivity index (χ3v) is 5.31. The Morgan fingerprint density at radius 3 is 2.56 bits per heavy atom. The lowest BCUT2D eigenvalue weighted by Crippen LogP contribution is -2.26. The number of carboxylic acids is 1.